The number of halogens is 3. The van der Waals surface area contributed by atoms with Gasteiger partial charge >= 0.3 is 0 Å². The first-order chi connectivity index (χ1) is 15.7. The van der Waals surface area contributed by atoms with Crippen molar-refractivity contribution in [1.29, 1.82) is 0 Å². The van der Waals surface area contributed by atoms with Crippen molar-refractivity contribution in [2.45, 2.75) is 51.2 Å². The molecule has 2 aromatic carbocycles. The maximum atomic E-state index is 14.3. The Balaban J connectivity index is 1.37. The molecule has 2 aliphatic rings. The van der Waals surface area contributed by atoms with Crippen molar-refractivity contribution in [2.24, 2.45) is 0 Å². The van der Waals surface area contributed by atoms with E-state index in [4.69, 9.17) is 0 Å². The van der Waals surface area contributed by atoms with Crippen LogP contribution in [0.25, 0.3) is 0 Å². The van der Waals surface area contributed by atoms with E-state index in [-0.39, 0.29) is 17.0 Å². The van der Waals surface area contributed by atoms with E-state index < -0.39 is 5.82 Å². The van der Waals surface area contributed by atoms with Crippen molar-refractivity contribution in [1.82, 2.24) is 14.7 Å². The number of hydrogen-bond acceptors (Lipinski definition) is 3. The predicted molar refractivity (Wildman–Crippen MR) is 148 cm³/mol. The van der Waals surface area contributed by atoms with Gasteiger partial charge in [0.05, 0.1) is 5.56 Å². The van der Waals surface area contributed by atoms with Gasteiger partial charge in [-0.3, -0.25) is 14.6 Å². The van der Waals surface area contributed by atoms with E-state index in [2.05, 4.69) is 100 Å². The van der Waals surface area contributed by atoms with Crippen molar-refractivity contribution in [3.05, 3.63) is 66.5 Å². The summed E-state index contributed by atoms with van der Waals surface area (Å²) in [6, 6.07) is 14.6. The molecule has 0 aliphatic carbocycles. The fourth-order valence-electron chi connectivity index (χ4n) is 5.34. The molecule has 33 heavy (non-hydrogen) atoms. The highest BCUT2D eigenvalue weighted by molar-refractivity contribution is 14.1. The minimum atomic E-state index is -0.424. The highest BCUT2D eigenvalue weighted by Crippen LogP contribution is 2.34. The average Bonchev–Trinajstić information content (AvgIpc) is 2.79. The maximum absolute atomic E-state index is 14.3. The van der Waals surface area contributed by atoms with Crippen LogP contribution in [0.15, 0.2) is 42.5 Å². The Bertz CT molecular complexity index is 971. The molecule has 2 aromatic rings. The number of benzene rings is 2. The zero-order valence-electron chi connectivity index (χ0n) is 19.5. The normalized spacial score (nSPS) is 22.8. The molecule has 0 radical (unpaired) electrons. The summed E-state index contributed by atoms with van der Waals surface area (Å²) in [4.78, 5) is 20.1. The fourth-order valence-corrected chi connectivity index (χ4v) is 6.39. The summed E-state index contributed by atoms with van der Waals surface area (Å²) < 4.78 is 16.3. The third-order valence-electron chi connectivity index (χ3n) is 7.60. The number of amides is 1. The predicted octanol–water partition coefficient (Wildman–Crippen LogP) is 5.80. The molecule has 4 rings (SSSR count). The quantitative estimate of drug-likeness (QED) is 0.384. The zero-order chi connectivity index (χ0) is 23.8. The van der Waals surface area contributed by atoms with Crippen LogP contribution in [0.1, 0.15) is 55.6 Å². The highest BCUT2D eigenvalue weighted by atomic mass is 127. The second-order valence-electron chi connectivity index (χ2n) is 9.65. The smallest absolute Gasteiger partial charge is 0.257 e. The Morgan fingerprint density at radius 1 is 1.06 bits per heavy atom. The van der Waals surface area contributed by atoms with Crippen LogP contribution in [0.4, 0.5) is 4.39 Å². The van der Waals surface area contributed by atoms with Crippen molar-refractivity contribution in [3.63, 3.8) is 0 Å². The SMILES string of the molecule is C[C@H]1CN(C2(C)CCN(C(=O)c3c(F)cccc3I)CC2)CCN1[C@@H](C)c1ccc(I)cc1. The first kappa shape index (κ1) is 25.3. The van der Waals surface area contributed by atoms with Crippen LogP contribution in [0.2, 0.25) is 0 Å². The molecular weight excluding hydrogens is 643 g/mol. The number of rotatable bonds is 4. The zero-order valence-corrected chi connectivity index (χ0v) is 23.8. The monoisotopic (exact) mass is 675 g/mol. The molecule has 0 N–H and O–H groups in total. The van der Waals surface area contributed by atoms with Gasteiger partial charge in [0.1, 0.15) is 5.82 Å². The Morgan fingerprint density at radius 2 is 1.73 bits per heavy atom. The Hall–Kier alpha value is -0.780. The molecule has 0 unspecified atom stereocenters. The topological polar surface area (TPSA) is 26.8 Å². The number of likely N-dealkylation sites (tertiary alicyclic amines) is 1. The van der Waals surface area contributed by atoms with Crippen molar-refractivity contribution in [2.75, 3.05) is 32.7 Å². The van der Waals surface area contributed by atoms with Gasteiger partial charge in [0.15, 0.2) is 0 Å². The number of carbonyl (C=O) groups excluding carboxylic acids is 1. The number of piperidine rings is 1. The van der Waals surface area contributed by atoms with Crippen LogP contribution in [0, 0.1) is 13.0 Å². The van der Waals surface area contributed by atoms with Crippen LogP contribution in [0.5, 0.6) is 0 Å². The summed E-state index contributed by atoms with van der Waals surface area (Å²) in [6.45, 7) is 11.4. The first-order valence-corrected chi connectivity index (χ1v) is 13.8. The Morgan fingerprint density at radius 3 is 2.33 bits per heavy atom. The van der Waals surface area contributed by atoms with Crippen LogP contribution >= 0.6 is 45.2 Å². The lowest BCUT2D eigenvalue weighted by Crippen LogP contribution is -2.62. The summed E-state index contributed by atoms with van der Waals surface area (Å²) in [6.07, 6.45) is 1.84. The van der Waals surface area contributed by atoms with E-state index >= 15 is 0 Å². The summed E-state index contributed by atoms with van der Waals surface area (Å²) in [5.74, 6) is -0.600. The van der Waals surface area contributed by atoms with Crippen LogP contribution in [0.3, 0.4) is 0 Å². The molecule has 4 nitrogen and oxygen atoms in total. The molecule has 1 amide bonds. The number of hydrogen-bond donors (Lipinski definition) is 0. The van der Waals surface area contributed by atoms with Crippen molar-refractivity contribution in [3.8, 4) is 0 Å². The summed E-state index contributed by atoms with van der Waals surface area (Å²) >= 11 is 4.41. The number of nitrogens with zero attached hydrogens (tertiary/aromatic N) is 3. The lowest BCUT2D eigenvalue weighted by molar-refractivity contribution is -0.0278. The summed E-state index contributed by atoms with van der Waals surface area (Å²) in [5, 5.41) is 0. The lowest BCUT2D eigenvalue weighted by atomic mass is 9.86. The van der Waals surface area contributed by atoms with E-state index in [1.54, 1.807) is 12.1 Å². The van der Waals surface area contributed by atoms with Gasteiger partial charge in [0.25, 0.3) is 5.91 Å². The van der Waals surface area contributed by atoms with E-state index in [0.29, 0.717) is 28.7 Å². The molecule has 0 spiro atoms. The fraction of sp³-hybridized carbons (Fsp3) is 0.500. The third-order valence-corrected chi connectivity index (χ3v) is 9.21. The van der Waals surface area contributed by atoms with E-state index in [9.17, 15) is 9.18 Å². The third kappa shape index (κ3) is 5.41. The maximum Gasteiger partial charge on any atom is 0.257 e. The minimum absolute atomic E-state index is 0.0750. The first-order valence-electron chi connectivity index (χ1n) is 11.7. The second-order valence-corrected chi connectivity index (χ2v) is 12.1. The molecule has 7 heteroatoms. The van der Waals surface area contributed by atoms with Crippen LogP contribution < -0.4 is 0 Å². The van der Waals surface area contributed by atoms with Gasteiger partial charge in [-0.05, 0) is 109 Å². The molecule has 0 bridgehead atoms. The summed E-state index contributed by atoms with van der Waals surface area (Å²) in [7, 11) is 0. The van der Waals surface area contributed by atoms with E-state index in [1.165, 1.54) is 15.2 Å². The summed E-state index contributed by atoms with van der Waals surface area (Å²) in [5.41, 5.74) is 1.66. The minimum Gasteiger partial charge on any atom is -0.338 e. The van der Waals surface area contributed by atoms with Gasteiger partial charge in [-0.2, -0.15) is 0 Å². The molecule has 0 aromatic heterocycles. The molecule has 2 aliphatic heterocycles. The second kappa shape index (κ2) is 10.5. The Labute approximate surface area is 224 Å². The van der Waals surface area contributed by atoms with E-state index in [1.807, 2.05) is 4.90 Å². The molecule has 178 valence electrons. The van der Waals surface area contributed by atoms with Gasteiger partial charge in [0.2, 0.25) is 0 Å². The molecule has 2 heterocycles. The molecule has 2 fully saturated rings. The van der Waals surface area contributed by atoms with Gasteiger partial charge in [0, 0.05) is 57.5 Å². The van der Waals surface area contributed by atoms with Gasteiger partial charge in [-0.15, -0.1) is 0 Å². The Kier molecular flexibility index (Phi) is 8.02. The average molecular weight is 675 g/mol. The largest absolute Gasteiger partial charge is 0.338 e. The van der Waals surface area contributed by atoms with Crippen LogP contribution in [-0.4, -0.2) is 64.9 Å². The van der Waals surface area contributed by atoms with Crippen LogP contribution in [-0.2, 0) is 0 Å². The molecule has 2 saturated heterocycles. The number of carbonyl (C=O) groups is 1. The van der Waals surface area contributed by atoms with Gasteiger partial charge in [-0.25, -0.2) is 4.39 Å². The van der Waals surface area contributed by atoms with Gasteiger partial charge < -0.3 is 4.90 Å². The number of piperazine rings is 1. The molecular formula is C26H32FI2N3O. The standard InChI is InChI=1S/C26H32FI2N3O/c1-18-17-31(15-16-32(18)19(2)20-7-9-21(28)10-8-20)26(3)11-13-30(14-12-26)25(33)24-22(27)5-4-6-23(24)29/h4-10,18-19H,11-17H2,1-3H3/t18-,19-/m0/s1. The highest BCUT2D eigenvalue weighted by Gasteiger charge is 2.41. The molecule has 2 atom stereocenters. The van der Waals surface area contributed by atoms with Crippen molar-refractivity contribution >= 4 is 51.1 Å². The van der Waals surface area contributed by atoms with Gasteiger partial charge in [-0.1, -0.05) is 18.2 Å². The van der Waals surface area contributed by atoms with E-state index in [0.717, 1.165) is 32.5 Å². The molecule has 0 saturated carbocycles. The lowest BCUT2D eigenvalue weighted by Gasteiger charge is -2.52. The van der Waals surface area contributed by atoms with Crippen molar-refractivity contribution < 1.29 is 9.18 Å².